The summed E-state index contributed by atoms with van der Waals surface area (Å²) in [5, 5.41) is 4.12. The average Bonchev–Trinajstić information content (AvgIpc) is 2.73. The minimum atomic E-state index is -0.454. The molecule has 29 heavy (non-hydrogen) atoms. The number of hydrogen-bond donors (Lipinski definition) is 1. The van der Waals surface area contributed by atoms with E-state index in [0.29, 0.717) is 18.2 Å². The molecular weight excluding hydrogens is 392 g/mol. The van der Waals surface area contributed by atoms with E-state index in [1.807, 2.05) is 12.2 Å². The summed E-state index contributed by atoms with van der Waals surface area (Å²) >= 11 is 6.27. The lowest BCUT2D eigenvalue weighted by atomic mass is 9.79. The molecule has 2 unspecified atom stereocenters. The zero-order valence-electron chi connectivity index (χ0n) is 16.5. The molecule has 0 radical (unpaired) electrons. The van der Waals surface area contributed by atoms with Crippen LogP contribution < -0.4 is 5.32 Å². The number of ether oxygens (including phenoxy) is 1. The first-order chi connectivity index (χ1) is 14.0. The Morgan fingerprint density at radius 2 is 1.62 bits per heavy atom. The molecule has 2 aromatic carbocycles. The van der Waals surface area contributed by atoms with Crippen LogP contribution in [0, 0.1) is 17.6 Å². The Morgan fingerprint density at radius 3 is 2.24 bits per heavy atom. The number of halogens is 3. The molecule has 1 aliphatic rings. The van der Waals surface area contributed by atoms with Gasteiger partial charge in [0.15, 0.2) is 0 Å². The normalized spacial score (nSPS) is 21.2. The Kier molecular flexibility index (Phi) is 7.59. The number of nitrogens with one attached hydrogen (secondary N) is 1. The third kappa shape index (κ3) is 5.99. The third-order valence-electron chi connectivity index (χ3n) is 5.36. The Bertz CT molecular complexity index is 848. The number of allylic oxidation sites excluding steroid dienone is 2. The van der Waals surface area contributed by atoms with Gasteiger partial charge < -0.3 is 10.1 Å². The van der Waals surface area contributed by atoms with Crippen molar-refractivity contribution in [3.8, 4) is 0 Å². The Hall–Kier alpha value is -2.01. The Morgan fingerprint density at radius 1 is 1.00 bits per heavy atom. The van der Waals surface area contributed by atoms with Crippen LogP contribution in [0.1, 0.15) is 30.9 Å². The molecule has 1 N–H and O–H groups in total. The summed E-state index contributed by atoms with van der Waals surface area (Å²) in [6.45, 7) is 3.96. The Labute approximate surface area is 176 Å². The van der Waals surface area contributed by atoms with Gasteiger partial charge in [-0.25, -0.2) is 8.78 Å². The van der Waals surface area contributed by atoms with Crippen LogP contribution in [-0.4, -0.2) is 12.1 Å². The minimum absolute atomic E-state index is 0.117. The summed E-state index contributed by atoms with van der Waals surface area (Å²) in [5.41, 5.74) is 1.52. The second-order valence-electron chi connectivity index (χ2n) is 7.31. The van der Waals surface area contributed by atoms with E-state index in [1.165, 1.54) is 24.3 Å². The molecule has 5 heteroatoms. The van der Waals surface area contributed by atoms with Crippen molar-refractivity contribution in [1.82, 2.24) is 5.32 Å². The van der Waals surface area contributed by atoms with Gasteiger partial charge >= 0.3 is 0 Å². The fourth-order valence-electron chi connectivity index (χ4n) is 3.59. The molecule has 0 fully saturated rings. The maximum atomic E-state index is 13.1. The van der Waals surface area contributed by atoms with Crippen LogP contribution in [-0.2, 0) is 17.9 Å². The van der Waals surface area contributed by atoms with Gasteiger partial charge in [-0.2, -0.15) is 0 Å². The summed E-state index contributed by atoms with van der Waals surface area (Å²) in [7, 11) is 0. The molecule has 0 saturated heterocycles. The highest BCUT2D eigenvalue weighted by Crippen LogP contribution is 2.37. The van der Waals surface area contributed by atoms with Crippen molar-refractivity contribution < 1.29 is 13.5 Å². The zero-order valence-corrected chi connectivity index (χ0v) is 17.3. The fraction of sp³-hybridized carbons (Fsp3) is 0.333. The molecule has 2 aromatic rings. The smallest absolute Gasteiger partial charge is 0.123 e. The number of hydrogen-bond acceptors (Lipinski definition) is 2. The first kappa shape index (κ1) is 21.7. The van der Waals surface area contributed by atoms with E-state index in [0.717, 1.165) is 30.5 Å². The molecule has 154 valence electrons. The second kappa shape index (κ2) is 10.1. The summed E-state index contributed by atoms with van der Waals surface area (Å²) < 4.78 is 32.5. The van der Waals surface area contributed by atoms with Crippen LogP contribution in [0.4, 0.5) is 8.78 Å². The molecule has 0 saturated carbocycles. The van der Waals surface area contributed by atoms with E-state index in [4.69, 9.17) is 16.3 Å². The van der Waals surface area contributed by atoms with Crippen LogP contribution in [0.15, 0.2) is 71.8 Å². The summed E-state index contributed by atoms with van der Waals surface area (Å²) in [4.78, 5) is 0. The van der Waals surface area contributed by atoms with Gasteiger partial charge in [-0.05, 0) is 60.9 Å². The first-order valence-electron chi connectivity index (χ1n) is 9.91. The molecule has 3 rings (SSSR count). The SMILES string of the molecule is CCC1(OCc2ccc(F)cc2)C=CC(Cl)=CC1CCNCc1ccc(F)cc1. The molecule has 0 spiro atoms. The standard InChI is InChI=1S/C24H26ClF2NO/c1-2-24(29-17-19-5-9-23(27)10-6-19)13-11-21(25)15-20(24)12-14-28-16-18-3-7-22(26)8-4-18/h3-11,13,15,20,28H,2,12,14,16-17H2,1H3. The quantitative estimate of drug-likeness (QED) is 0.496. The average molecular weight is 418 g/mol. The summed E-state index contributed by atoms with van der Waals surface area (Å²) in [6, 6.07) is 12.9. The lowest BCUT2D eigenvalue weighted by Gasteiger charge is -2.38. The van der Waals surface area contributed by atoms with E-state index < -0.39 is 5.60 Å². The van der Waals surface area contributed by atoms with Crippen LogP contribution in [0.2, 0.25) is 0 Å². The van der Waals surface area contributed by atoms with Gasteiger partial charge in [-0.15, -0.1) is 0 Å². The van der Waals surface area contributed by atoms with Crippen LogP contribution in [0.5, 0.6) is 0 Å². The predicted molar refractivity (Wildman–Crippen MR) is 114 cm³/mol. The van der Waals surface area contributed by atoms with Gasteiger partial charge in [0, 0.05) is 17.5 Å². The highest BCUT2D eigenvalue weighted by molar-refractivity contribution is 6.31. The lowest BCUT2D eigenvalue weighted by molar-refractivity contribution is -0.0544. The largest absolute Gasteiger partial charge is 0.366 e. The van der Waals surface area contributed by atoms with Crippen molar-refractivity contribution in [1.29, 1.82) is 0 Å². The van der Waals surface area contributed by atoms with Gasteiger partial charge in [0.2, 0.25) is 0 Å². The van der Waals surface area contributed by atoms with Gasteiger partial charge in [-0.3, -0.25) is 0 Å². The minimum Gasteiger partial charge on any atom is -0.366 e. The van der Waals surface area contributed by atoms with Crippen molar-refractivity contribution in [3.63, 3.8) is 0 Å². The number of benzene rings is 2. The van der Waals surface area contributed by atoms with E-state index in [9.17, 15) is 8.78 Å². The maximum absolute atomic E-state index is 13.1. The molecule has 1 aliphatic carbocycles. The summed E-state index contributed by atoms with van der Waals surface area (Å²) in [6.07, 6.45) is 7.63. The van der Waals surface area contributed by atoms with Gasteiger partial charge in [0.25, 0.3) is 0 Å². The highest BCUT2D eigenvalue weighted by Gasteiger charge is 2.36. The molecule has 0 heterocycles. The van der Waals surface area contributed by atoms with Crippen molar-refractivity contribution in [2.24, 2.45) is 5.92 Å². The molecule has 0 aromatic heterocycles. The van der Waals surface area contributed by atoms with Crippen molar-refractivity contribution >= 4 is 11.6 Å². The topological polar surface area (TPSA) is 21.3 Å². The molecule has 2 atom stereocenters. The molecule has 0 amide bonds. The number of rotatable bonds is 9. The van der Waals surface area contributed by atoms with Gasteiger partial charge in [0.1, 0.15) is 11.6 Å². The second-order valence-corrected chi connectivity index (χ2v) is 7.74. The van der Waals surface area contributed by atoms with E-state index >= 15 is 0 Å². The highest BCUT2D eigenvalue weighted by atomic mass is 35.5. The zero-order chi connectivity index (χ0) is 20.7. The van der Waals surface area contributed by atoms with E-state index in [2.05, 4.69) is 18.3 Å². The van der Waals surface area contributed by atoms with E-state index in [-0.39, 0.29) is 17.6 Å². The molecule has 2 nitrogen and oxygen atoms in total. The molecule has 0 aliphatic heterocycles. The maximum Gasteiger partial charge on any atom is 0.123 e. The van der Waals surface area contributed by atoms with Crippen molar-refractivity contribution in [2.45, 2.75) is 38.5 Å². The Balaban J connectivity index is 1.59. The lowest BCUT2D eigenvalue weighted by Crippen LogP contribution is -2.40. The molecule has 0 bridgehead atoms. The first-order valence-corrected chi connectivity index (χ1v) is 10.3. The van der Waals surface area contributed by atoms with Crippen molar-refractivity contribution in [2.75, 3.05) is 6.54 Å². The van der Waals surface area contributed by atoms with Crippen LogP contribution >= 0.6 is 11.6 Å². The summed E-state index contributed by atoms with van der Waals surface area (Å²) in [5.74, 6) is -0.365. The molecular formula is C24H26ClF2NO. The monoisotopic (exact) mass is 417 g/mol. The third-order valence-corrected chi connectivity index (χ3v) is 5.61. The van der Waals surface area contributed by atoms with Gasteiger partial charge in [-0.1, -0.05) is 54.9 Å². The predicted octanol–water partition coefficient (Wildman–Crippen LogP) is 6.12. The van der Waals surface area contributed by atoms with E-state index in [1.54, 1.807) is 24.3 Å². The van der Waals surface area contributed by atoms with Crippen LogP contribution in [0.3, 0.4) is 0 Å². The van der Waals surface area contributed by atoms with Gasteiger partial charge in [0.05, 0.1) is 12.2 Å². The van der Waals surface area contributed by atoms with Crippen LogP contribution in [0.25, 0.3) is 0 Å². The fourth-order valence-corrected chi connectivity index (χ4v) is 3.80. The van der Waals surface area contributed by atoms with Crippen molar-refractivity contribution in [3.05, 3.63) is 94.6 Å².